The average molecular weight is 308 g/mol. The van der Waals surface area contributed by atoms with Gasteiger partial charge in [-0.1, -0.05) is 30.5 Å². The smallest absolute Gasteiger partial charge is 0.254 e. The molecule has 3 nitrogen and oxygen atoms in total. The number of hydrogen-bond donors (Lipinski definition) is 0. The molecule has 114 valence electrons. The second kappa shape index (κ2) is 7.08. The number of benzene rings is 1. The first-order chi connectivity index (χ1) is 9.99. The summed E-state index contributed by atoms with van der Waals surface area (Å²) in [6, 6.07) is 5.42. The molecule has 1 aromatic carbocycles. The van der Waals surface area contributed by atoms with Crippen LogP contribution in [-0.2, 0) is 4.79 Å². The van der Waals surface area contributed by atoms with Gasteiger partial charge in [0, 0.05) is 29.6 Å². The monoisotopic (exact) mass is 307 g/mol. The van der Waals surface area contributed by atoms with Crippen LogP contribution >= 0.6 is 11.6 Å². The summed E-state index contributed by atoms with van der Waals surface area (Å²) in [5.74, 6) is 0.144. The van der Waals surface area contributed by atoms with E-state index in [1.165, 1.54) is 0 Å². The molecule has 1 saturated heterocycles. The lowest BCUT2D eigenvalue weighted by Crippen LogP contribution is -2.41. The number of rotatable bonds is 3. The average Bonchev–Trinajstić information content (AvgIpc) is 2.65. The maximum Gasteiger partial charge on any atom is 0.254 e. The SMILES string of the molecule is CC(=O)CC1CCCCCN1C(=O)c1cc(Cl)ccc1C. The Balaban J connectivity index is 2.28. The maximum absolute atomic E-state index is 12.9. The molecule has 1 aromatic rings. The van der Waals surface area contributed by atoms with Crippen LogP contribution in [0, 0.1) is 6.92 Å². The number of Topliss-reactive ketones (excluding diaryl/α,β-unsaturated/α-hetero) is 1. The van der Waals surface area contributed by atoms with E-state index in [2.05, 4.69) is 0 Å². The molecule has 1 fully saturated rings. The van der Waals surface area contributed by atoms with E-state index in [-0.39, 0.29) is 17.7 Å². The first kappa shape index (κ1) is 16.0. The van der Waals surface area contributed by atoms with Crippen molar-refractivity contribution in [2.24, 2.45) is 0 Å². The normalized spacial score (nSPS) is 19.2. The number of amides is 1. The van der Waals surface area contributed by atoms with Gasteiger partial charge in [-0.3, -0.25) is 9.59 Å². The molecule has 0 spiro atoms. The second-order valence-electron chi connectivity index (χ2n) is 5.87. The summed E-state index contributed by atoms with van der Waals surface area (Å²) in [7, 11) is 0. The highest BCUT2D eigenvalue weighted by molar-refractivity contribution is 6.31. The van der Waals surface area contributed by atoms with Crippen LogP contribution in [0.5, 0.6) is 0 Å². The molecular weight excluding hydrogens is 286 g/mol. The van der Waals surface area contributed by atoms with E-state index in [0.717, 1.165) is 37.8 Å². The zero-order valence-electron chi connectivity index (χ0n) is 12.7. The lowest BCUT2D eigenvalue weighted by Gasteiger charge is -2.30. The number of carbonyl (C=O) groups excluding carboxylic acids is 2. The Hall–Kier alpha value is -1.35. The largest absolute Gasteiger partial charge is 0.335 e. The fourth-order valence-electron chi connectivity index (χ4n) is 2.97. The molecule has 1 heterocycles. The molecule has 0 aliphatic carbocycles. The van der Waals surface area contributed by atoms with Gasteiger partial charge in [0.2, 0.25) is 0 Å². The molecule has 4 heteroatoms. The zero-order valence-corrected chi connectivity index (χ0v) is 13.4. The van der Waals surface area contributed by atoms with Gasteiger partial charge in [0.1, 0.15) is 5.78 Å². The standard InChI is InChI=1S/C17H22ClNO2/c1-12-7-8-14(18)11-16(12)17(21)19-9-5-3-4-6-15(19)10-13(2)20/h7-8,11,15H,3-6,9-10H2,1-2H3. The van der Waals surface area contributed by atoms with Crippen molar-refractivity contribution in [3.63, 3.8) is 0 Å². The number of ketones is 1. The summed E-state index contributed by atoms with van der Waals surface area (Å²) in [6.45, 7) is 4.24. The Labute approximate surface area is 131 Å². The summed E-state index contributed by atoms with van der Waals surface area (Å²) in [4.78, 5) is 26.2. The van der Waals surface area contributed by atoms with Gasteiger partial charge in [0.05, 0.1) is 0 Å². The molecule has 2 rings (SSSR count). The quantitative estimate of drug-likeness (QED) is 0.846. The minimum Gasteiger partial charge on any atom is -0.335 e. The lowest BCUT2D eigenvalue weighted by atomic mass is 10.0. The molecular formula is C17H22ClNO2. The van der Waals surface area contributed by atoms with Gasteiger partial charge in [-0.15, -0.1) is 0 Å². The van der Waals surface area contributed by atoms with E-state index in [1.54, 1.807) is 19.1 Å². The van der Waals surface area contributed by atoms with Gasteiger partial charge < -0.3 is 4.90 Å². The Bertz CT molecular complexity index is 542. The molecule has 1 aliphatic heterocycles. The van der Waals surface area contributed by atoms with E-state index in [9.17, 15) is 9.59 Å². The molecule has 0 saturated carbocycles. The number of nitrogens with zero attached hydrogens (tertiary/aromatic N) is 1. The Kier molecular flexibility index (Phi) is 5.40. The van der Waals surface area contributed by atoms with Crippen molar-refractivity contribution < 1.29 is 9.59 Å². The third kappa shape index (κ3) is 4.07. The van der Waals surface area contributed by atoms with Gasteiger partial charge in [-0.25, -0.2) is 0 Å². The molecule has 0 N–H and O–H groups in total. The fraction of sp³-hybridized carbons (Fsp3) is 0.529. The predicted octanol–water partition coefficient (Wildman–Crippen LogP) is 4.01. The van der Waals surface area contributed by atoms with Crippen LogP contribution in [-0.4, -0.2) is 29.2 Å². The second-order valence-corrected chi connectivity index (χ2v) is 6.30. The highest BCUT2D eigenvalue weighted by Gasteiger charge is 2.28. The third-order valence-corrected chi connectivity index (χ3v) is 4.33. The number of likely N-dealkylation sites (tertiary alicyclic amines) is 1. The first-order valence-electron chi connectivity index (χ1n) is 7.55. The summed E-state index contributed by atoms with van der Waals surface area (Å²) >= 11 is 6.03. The highest BCUT2D eigenvalue weighted by Crippen LogP contribution is 2.24. The van der Waals surface area contributed by atoms with E-state index < -0.39 is 0 Å². The number of aryl methyl sites for hydroxylation is 1. The summed E-state index contributed by atoms with van der Waals surface area (Å²) in [6.07, 6.45) is 4.55. The van der Waals surface area contributed by atoms with Crippen LogP contribution in [0.2, 0.25) is 5.02 Å². The van der Waals surface area contributed by atoms with Crippen molar-refractivity contribution in [2.75, 3.05) is 6.54 Å². The molecule has 1 unspecified atom stereocenters. The van der Waals surface area contributed by atoms with Crippen molar-refractivity contribution in [1.29, 1.82) is 0 Å². The molecule has 0 bridgehead atoms. The Morgan fingerprint density at radius 3 is 2.76 bits per heavy atom. The van der Waals surface area contributed by atoms with Crippen LogP contribution < -0.4 is 0 Å². The molecule has 1 aliphatic rings. The predicted molar refractivity (Wildman–Crippen MR) is 84.8 cm³/mol. The van der Waals surface area contributed by atoms with E-state index in [1.807, 2.05) is 17.9 Å². The lowest BCUT2D eigenvalue weighted by molar-refractivity contribution is -0.118. The van der Waals surface area contributed by atoms with E-state index in [0.29, 0.717) is 17.0 Å². The van der Waals surface area contributed by atoms with Crippen molar-refractivity contribution >= 4 is 23.3 Å². The highest BCUT2D eigenvalue weighted by atomic mass is 35.5. The van der Waals surface area contributed by atoms with Crippen LogP contribution in [0.15, 0.2) is 18.2 Å². The number of hydrogen-bond acceptors (Lipinski definition) is 2. The van der Waals surface area contributed by atoms with Crippen LogP contribution in [0.3, 0.4) is 0 Å². The third-order valence-electron chi connectivity index (χ3n) is 4.09. The fourth-order valence-corrected chi connectivity index (χ4v) is 3.14. The van der Waals surface area contributed by atoms with Crippen molar-refractivity contribution in [1.82, 2.24) is 4.90 Å². The van der Waals surface area contributed by atoms with Crippen LogP contribution in [0.25, 0.3) is 0 Å². The summed E-state index contributed by atoms with van der Waals surface area (Å²) in [5, 5.41) is 0.571. The maximum atomic E-state index is 12.9. The molecule has 1 amide bonds. The topological polar surface area (TPSA) is 37.4 Å². The van der Waals surface area contributed by atoms with E-state index >= 15 is 0 Å². The first-order valence-corrected chi connectivity index (χ1v) is 7.93. The number of carbonyl (C=O) groups is 2. The summed E-state index contributed by atoms with van der Waals surface area (Å²) in [5.41, 5.74) is 1.58. The van der Waals surface area contributed by atoms with E-state index in [4.69, 9.17) is 11.6 Å². The van der Waals surface area contributed by atoms with Gasteiger partial charge >= 0.3 is 0 Å². The van der Waals surface area contributed by atoms with Gasteiger partial charge in [-0.05, 0) is 44.4 Å². The van der Waals surface area contributed by atoms with Crippen molar-refractivity contribution in [3.8, 4) is 0 Å². The minimum atomic E-state index is 0.00292. The summed E-state index contributed by atoms with van der Waals surface area (Å²) < 4.78 is 0. The van der Waals surface area contributed by atoms with Crippen molar-refractivity contribution in [3.05, 3.63) is 34.3 Å². The molecule has 0 aromatic heterocycles. The molecule has 21 heavy (non-hydrogen) atoms. The number of halogens is 1. The van der Waals surface area contributed by atoms with Crippen LogP contribution in [0.1, 0.15) is 54.9 Å². The van der Waals surface area contributed by atoms with Crippen LogP contribution in [0.4, 0.5) is 0 Å². The Morgan fingerprint density at radius 2 is 2.05 bits per heavy atom. The van der Waals surface area contributed by atoms with Gasteiger partial charge in [0.15, 0.2) is 0 Å². The van der Waals surface area contributed by atoms with Crippen molar-refractivity contribution in [2.45, 2.75) is 52.0 Å². The van der Waals surface area contributed by atoms with Gasteiger partial charge in [-0.2, -0.15) is 0 Å². The minimum absolute atomic E-state index is 0.00292. The Morgan fingerprint density at radius 1 is 1.29 bits per heavy atom. The molecule has 0 radical (unpaired) electrons. The van der Waals surface area contributed by atoms with Gasteiger partial charge in [0.25, 0.3) is 5.91 Å². The zero-order chi connectivity index (χ0) is 15.4. The molecule has 1 atom stereocenters.